The molecule has 0 saturated carbocycles. The molecule has 0 bridgehead atoms. The van der Waals surface area contributed by atoms with Gasteiger partial charge in [0.05, 0.1) is 30.3 Å². The van der Waals surface area contributed by atoms with Crippen LogP contribution in [-0.2, 0) is 27.5 Å². The molecule has 5 rings (SSSR count). The van der Waals surface area contributed by atoms with Crippen LogP contribution in [0.4, 0.5) is 0 Å². The fourth-order valence-corrected chi connectivity index (χ4v) is 6.08. The minimum atomic E-state index is -0.648. The quantitative estimate of drug-likeness (QED) is 0.308. The monoisotopic (exact) mass is 638 g/mol. The van der Waals surface area contributed by atoms with Gasteiger partial charge in [-0.2, -0.15) is 5.10 Å². The van der Waals surface area contributed by atoms with Gasteiger partial charge in [0, 0.05) is 50.7 Å². The van der Waals surface area contributed by atoms with Crippen molar-refractivity contribution in [2.75, 3.05) is 20.1 Å². The van der Waals surface area contributed by atoms with Crippen molar-refractivity contribution < 1.29 is 14.4 Å². The van der Waals surface area contributed by atoms with Gasteiger partial charge in [0.1, 0.15) is 17.7 Å². The van der Waals surface area contributed by atoms with Gasteiger partial charge in [-0.25, -0.2) is 14.6 Å². The van der Waals surface area contributed by atoms with Crippen LogP contribution in [-0.4, -0.2) is 78.0 Å². The fourth-order valence-electron chi connectivity index (χ4n) is 6.08. The van der Waals surface area contributed by atoms with Gasteiger partial charge in [-0.05, 0) is 32.6 Å². The molecule has 1 aliphatic rings. The molecule has 0 unspecified atom stereocenters. The van der Waals surface area contributed by atoms with Crippen LogP contribution in [0.15, 0.2) is 67.0 Å². The standard InChI is InChI=1S/C36H46N8O3/c1-25(2)23-30-35-38-27(4)40-44(35)22-21-42(19-12-17-31(45)41(5)26(3)36(47)39-30)32(46)18-20-43-24-37-33(28-13-8-6-9-14-28)34(43)29-15-10-7-11-16-29/h6-11,13-16,24-26,30H,12,17-23H2,1-5H3,(H,39,47)/t26-,30+/m0/s1. The fraction of sp³-hybridized carbons (Fsp3) is 0.444. The summed E-state index contributed by atoms with van der Waals surface area (Å²) in [5.41, 5.74) is 3.88. The number of imidazole rings is 1. The number of nitrogens with zero attached hydrogens (tertiary/aromatic N) is 7. The van der Waals surface area contributed by atoms with E-state index in [2.05, 4.69) is 41.0 Å². The lowest BCUT2D eigenvalue weighted by Crippen LogP contribution is -2.47. The highest BCUT2D eigenvalue weighted by Crippen LogP contribution is 2.31. The van der Waals surface area contributed by atoms with E-state index in [0.29, 0.717) is 50.7 Å². The zero-order valence-electron chi connectivity index (χ0n) is 28.1. The Hall–Kier alpha value is -4.80. The van der Waals surface area contributed by atoms with Gasteiger partial charge in [-0.15, -0.1) is 0 Å². The number of benzene rings is 2. The van der Waals surface area contributed by atoms with E-state index in [1.165, 1.54) is 4.90 Å². The Kier molecular flexibility index (Phi) is 10.8. The van der Waals surface area contributed by atoms with Gasteiger partial charge in [0.15, 0.2) is 0 Å². The number of likely N-dealkylation sites (N-methyl/N-ethyl adjacent to an activating group) is 1. The maximum absolute atomic E-state index is 13.9. The minimum Gasteiger partial charge on any atom is -0.344 e. The molecule has 47 heavy (non-hydrogen) atoms. The Balaban J connectivity index is 1.39. The first-order valence-electron chi connectivity index (χ1n) is 16.5. The van der Waals surface area contributed by atoms with Crippen molar-refractivity contribution in [2.24, 2.45) is 5.92 Å². The SMILES string of the molecule is Cc1nc2n(n1)CCN(C(=O)CCn1cnc(-c3ccccc3)c1-c1ccccc1)CCCC(=O)N(C)[C@@H](C)C(=O)N[C@@H]2CC(C)C. The third kappa shape index (κ3) is 8.14. The maximum Gasteiger partial charge on any atom is 0.243 e. The molecular formula is C36H46N8O3. The van der Waals surface area contributed by atoms with Crippen LogP contribution in [0.25, 0.3) is 22.5 Å². The summed E-state index contributed by atoms with van der Waals surface area (Å²) in [6.07, 6.45) is 3.47. The second-order valence-corrected chi connectivity index (χ2v) is 12.7. The lowest BCUT2D eigenvalue weighted by molar-refractivity contribution is -0.139. The molecule has 1 N–H and O–H groups in total. The molecule has 2 aromatic heterocycles. The number of aryl methyl sites for hydroxylation is 2. The first kappa shape index (κ1) is 33.6. The van der Waals surface area contributed by atoms with Crippen molar-refractivity contribution >= 4 is 17.7 Å². The summed E-state index contributed by atoms with van der Waals surface area (Å²) in [5, 5.41) is 7.79. The number of fused-ring (bicyclic) bond motifs is 1. The Bertz CT molecular complexity index is 1660. The highest BCUT2D eigenvalue weighted by atomic mass is 16.2. The van der Waals surface area contributed by atoms with Crippen LogP contribution < -0.4 is 5.32 Å². The van der Waals surface area contributed by atoms with Crippen LogP contribution in [0.5, 0.6) is 0 Å². The number of aromatic nitrogens is 5. The Morgan fingerprint density at radius 3 is 2.34 bits per heavy atom. The zero-order valence-corrected chi connectivity index (χ0v) is 28.1. The Morgan fingerprint density at radius 2 is 1.66 bits per heavy atom. The van der Waals surface area contributed by atoms with Crippen LogP contribution in [0, 0.1) is 12.8 Å². The molecule has 4 aromatic rings. The van der Waals surface area contributed by atoms with Crippen molar-refractivity contribution in [3.8, 4) is 22.5 Å². The predicted octanol–water partition coefficient (Wildman–Crippen LogP) is 4.88. The average molecular weight is 639 g/mol. The van der Waals surface area contributed by atoms with Gasteiger partial charge >= 0.3 is 0 Å². The minimum absolute atomic E-state index is 0.00865. The molecule has 11 heteroatoms. The molecule has 3 heterocycles. The number of rotatable bonds is 7. The largest absolute Gasteiger partial charge is 0.344 e. The molecule has 1 aliphatic heterocycles. The Labute approximate surface area is 277 Å². The van der Waals surface area contributed by atoms with Crippen molar-refractivity contribution in [3.05, 3.63) is 78.6 Å². The van der Waals surface area contributed by atoms with E-state index >= 15 is 0 Å². The first-order chi connectivity index (χ1) is 22.6. The average Bonchev–Trinajstić information content (AvgIpc) is 3.67. The smallest absolute Gasteiger partial charge is 0.243 e. The van der Waals surface area contributed by atoms with Crippen LogP contribution >= 0.6 is 0 Å². The van der Waals surface area contributed by atoms with E-state index in [0.717, 1.165) is 22.5 Å². The number of amides is 3. The highest BCUT2D eigenvalue weighted by Gasteiger charge is 2.29. The summed E-state index contributed by atoms with van der Waals surface area (Å²) in [4.78, 5) is 53.0. The summed E-state index contributed by atoms with van der Waals surface area (Å²) < 4.78 is 3.88. The first-order valence-corrected chi connectivity index (χ1v) is 16.5. The van der Waals surface area contributed by atoms with Gasteiger partial charge in [-0.1, -0.05) is 74.5 Å². The van der Waals surface area contributed by atoms with Crippen LogP contribution in [0.2, 0.25) is 0 Å². The number of nitrogens with one attached hydrogen (secondary N) is 1. The van der Waals surface area contributed by atoms with Crippen LogP contribution in [0.1, 0.15) is 64.1 Å². The van der Waals surface area contributed by atoms with Crippen molar-refractivity contribution in [1.82, 2.24) is 39.4 Å². The van der Waals surface area contributed by atoms with E-state index in [4.69, 9.17) is 9.97 Å². The van der Waals surface area contributed by atoms with E-state index in [1.807, 2.05) is 71.4 Å². The molecule has 248 valence electrons. The third-order valence-corrected chi connectivity index (χ3v) is 8.75. The maximum atomic E-state index is 13.9. The normalized spacial score (nSPS) is 18.2. The van der Waals surface area contributed by atoms with Gasteiger partial charge in [0.25, 0.3) is 0 Å². The molecule has 2 atom stereocenters. The number of carbonyl (C=O) groups excluding carboxylic acids is 3. The van der Waals surface area contributed by atoms with Crippen molar-refractivity contribution in [2.45, 2.75) is 78.6 Å². The molecule has 0 saturated heterocycles. The third-order valence-electron chi connectivity index (χ3n) is 8.75. The predicted molar refractivity (Wildman–Crippen MR) is 181 cm³/mol. The Morgan fingerprint density at radius 1 is 0.979 bits per heavy atom. The van der Waals surface area contributed by atoms with Crippen LogP contribution in [0.3, 0.4) is 0 Å². The second-order valence-electron chi connectivity index (χ2n) is 12.7. The summed E-state index contributed by atoms with van der Waals surface area (Å²) in [7, 11) is 1.66. The molecule has 2 aromatic carbocycles. The molecule has 11 nitrogen and oxygen atoms in total. The van der Waals surface area contributed by atoms with E-state index < -0.39 is 6.04 Å². The number of carbonyl (C=O) groups is 3. The lowest BCUT2D eigenvalue weighted by Gasteiger charge is -2.29. The highest BCUT2D eigenvalue weighted by molar-refractivity contribution is 5.87. The van der Waals surface area contributed by atoms with Crippen molar-refractivity contribution in [3.63, 3.8) is 0 Å². The molecule has 0 fully saturated rings. The van der Waals surface area contributed by atoms with E-state index in [-0.39, 0.29) is 42.5 Å². The molecule has 0 aliphatic carbocycles. The molecule has 3 amide bonds. The van der Waals surface area contributed by atoms with E-state index in [9.17, 15) is 14.4 Å². The summed E-state index contributed by atoms with van der Waals surface area (Å²) >= 11 is 0. The zero-order chi connectivity index (χ0) is 33.5. The summed E-state index contributed by atoms with van der Waals surface area (Å²) in [6.45, 7) is 9.46. The summed E-state index contributed by atoms with van der Waals surface area (Å²) in [6, 6.07) is 19.2. The number of hydrogen-bond acceptors (Lipinski definition) is 6. The molecular weight excluding hydrogens is 592 g/mol. The molecule has 0 spiro atoms. The van der Waals surface area contributed by atoms with Gasteiger partial charge in [-0.3, -0.25) is 14.4 Å². The van der Waals surface area contributed by atoms with Crippen molar-refractivity contribution in [1.29, 1.82) is 0 Å². The van der Waals surface area contributed by atoms with E-state index in [1.54, 1.807) is 14.0 Å². The second kappa shape index (κ2) is 15.2. The lowest BCUT2D eigenvalue weighted by atomic mass is 10.0. The summed E-state index contributed by atoms with van der Waals surface area (Å²) in [5.74, 6) is 1.19. The number of hydrogen-bond donors (Lipinski definition) is 1. The molecule has 0 radical (unpaired) electrons. The van der Waals surface area contributed by atoms with Gasteiger partial charge in [0.2, 0.25) is 17.7 Å². The topological polar surface area (TPSA) is 118 Å². The van der Waals surface area contributed by atoms with Gasteiger partial charge < -0.3 is 19.7 Å².